The standard InChI is InChI=1S/C12H18N6OS/c1-17(2)12-13-11(19-15-12)9-3-5-18(6-4-9)7-10-8-20-16-14-10/h8-9H,3-7H2,1-2H3. The van der Waals surface area contributed by atoms with Crippen LogP contribution in [-0.2, 0) is 6.54 Å². The molecule has 0 unspecified atom stereocenters. The molecule has 7 nitrogen and oxygen atoms in total. The summed E-state index contributed by atoms with van der Waals surface area (Å²) in [4.78, 5) is 8.70. The number of hydrogen-bond acceptors (Lipinski definition) is 8. The van der Waals surface area contributed by atoms with Crippen LogP contribution in [0.25, 0.3) is 0 Å². The van der Waals surface area contributed by atoms with Crippen molar-refractivity contribution in [2.24, 2.45) is 0 Å². The lowest BCUT2D eigenvalue weighted by atomic mass is 9.97. The van der Waals surface area contributed by atoms with Crippen molar-refractivity contribution in [3.05, 3.63) is 17.0 Å². The normalized spacial score (nSPS) is 17.5. The first-order valence-corrected chi connectivity index (χ1v) is 7.55. The quantitative estimate of drug-likeness (QED) is 0.843. The highest BCUT2D eigenvalue weighted by atomic mass is 32.1. The van der Waals surface area contributed by atoms with E-state index in [0.717, 1.165) is 44.1 Å². The molecule has 0 aromatic carbocycles. The summed E-state index contributed by atoms with van der Waals surface area (Å²) in [6, 6.07) is 0. The molecule has 20 heavy (non-hydrogen) atoms. The number of anilines is 1. The van der Waals surface area contributed by atoms with Gasteiger partial charge in [0, 0.05) is 31.9 Å². The van der Waals surface area contributed by atoms with Gasteiger partial charge in [-0.05, 0) is 42.6 Å². The van der Waals surface area contributed by atoms with Crippen molar-refractivity contribution >= 4 is 17.5 Å². The maximum Gasteiger partial charge on any atom is 0.265 e. The minimum atomic E-state index is 0.376. The summed E-state index contributed by atoms with van der Waals surface area (Å²) >= 11 is 1.41. The van der Waals surface area contributed by atoms with E-state index in [-0.39, 0.29) is 0 Å². The van der Waals surface area contributed by atoms with Gasteiger partial charge < -0.3 is 9.42 Å². The average molecular weight is 294 g/mol. The molecule has 1 saturated heterocycles. The maximum absolute atomic E-state index is 5.36. The number of piperidine rings is 1. The van der Waals surface area contributed by atoms with Crippen molar-refractivity contribution in [3.63, 3.8) is 0 Å². The van der Waals surface area contributed by atoms with E-state index in [0.29, 0.717) is 11.9 Å². The number of likely N-dealkylation sites (tertiary alicyclic amines) is 1. The molecule has 3 heterocycles. The van der Waals surface area contributed by atoms with Crippen LogP contribution in [0.4, 0.5) is 5.95 Å². The second-order valence-electron chi connectivity index (χ2n) is 5.27. The van der Waals surface area contributed by atoms with E-state index in [1.807, 2.05) is 24.4 Å². The summed E-state index contributed by atoms with van der Waals surface area (Å²) in [5.41, 5.74) is 1.06. The van der Waals surface area contributed by atoms with Crippen molar-refractivity contribution in [1.82, 2.24) is 24.6 Å². The van der Waals surface area contributed by atoms with E-state index in [4.69, 9.17) is 4.52 Å². The lowest BCUT2D eigenvalue weighted by Gasteiger charge is -2.29. The van der Waals surface area contributed by atoms with E-state index in [1.165, 1.54) is 11.5 Å². The molecule has 1 aliphatic heterocycles. The van der Waals surface area contributed by atoms with Crippen LogP contribution in [0, 0.1) is 0 Å². The molecule has 3 rings (SSSR count). The minimum Gasteiger partial charge on any atom is -0.344 e. The van der Waals surface area contributed by atoms with E-state index in [2.05, 4.69) is 24.6 Å². The predicted molar refractivity (Wildman–Crippen MR) is 75.8 cm³/mol. The number of nitrogens with zero attached hydrogens (tertiary/aromatic N) is 6. The Labute approximate surface area is 121 Å². The smallest absolute Gasteiger partial charge is 0.265 e. The molecular formula is C12H18N6OS. The third-order valence-corrected chi connectivity index (χ3v) is 4.11. The van der Waals surface area contributed by atoms with Gasteiger partial charge in [0.05, 0.1) is 5.69 Å². The van der Waals surface area contributed by atoms with Crippen LogP contribution in [0.5, 0.6) is 0 Å². The summed E-state index contributed by atoms with van der Waals surface area (Å²) in [6.45, 7) is 2.94. The topological polar surface area (TPSA) is 71.2 Å². The minimum absolute atomic E-state index is 0.376. The molecule has 0 radical (unpaired) electrons. The third-order valence-electron chi connectivity index (χ3n) is 3.56. The first-order valence-electron chi connectivity index (χ1n) is 6.71. The van der Waals surface area contributed by atoms with Crippen LogP contribution >= 0.6 is 11.5 Å². The van der Waals surface area contributed by atoms with Crippen molar-refractivity contribution in [2.45, 2.75) is 25.3 Å². The highest BCUT2D eigenvalue weighted by Gasteiger charge is 2.25. The second-order valence-corrected chi connectivity index (χ2v) is 5.88. The number of hydrogen-bond donors (Lipinski definition) is 0. The molecule has 8 heteroatoms. The van der Waals surface area contributed by atoms with Gasteiger partial charge in [0.1, 0.15) is 0 Å². The number of aromatic nitrogens is 4. The molecule has 0 N–H and O–H groups in total. The highest BCUT2D eigenvalue weighted by Crippen LogP contribution is 2.28. The molecule has 2 aromatic rings. The Bertz CT molecular complexity index is 532. The highest BCUT2D eigenvalue weighted by molar-refractivity contribution is 7.03. The lowest BCUT2D eigenvalue weighted by Crippen LogP contribution is -2.32. The fourth-order valence-corrected chi connectivity index (χ4v) is 2.84. The molecule has 0 bridgehead atoms. The summed E-state index contributed by atoms with van der Waals surface area (Å²) < 4.78 is 9.26. The van der Waals surface area contributed by atoms with Crippen molar-refractivity contribution < 1.29 is 4.52 Å². The van der Waals surface area contributed by atoms with Gasteiger partial charge in [0.25, 0.3) is 5.95 Å². The van der Waals surface area contributed by atoms with Crippen molar-refractivity contribution in [2.75, 3.05) is 32.1 Å². The van der Waals surface area contributed by atoms with Crippen LogP contribution < -0.4 is 4.90 Å². The van der Waals surface area contributed by atoms with E-state index >= 15 is 0 Å². The molecule has 1 aliphatic rings. The van der Waals surface area contributed by atoms with Crippen LogP contribution in [0.3, 0.4) is 0 Å². The maximum atomic E-state index is 5.36. The zero-order valence-corrected chi connectivity index (χ0v) is 12.5. The van der Waals surface area contributed by atoms with E-state index in [9.17, 15) is 0 Å². The Balaban J connectivity index is 1.55. The monoisotopic (exact) mass is 294 g/mol. The van der Waals surface area contributed by atoms with Gasteiger partial charge >= 0.3 is 0 Å². The molecule has 1 fully saturated rings. The van der Waals surface area contributed by atoms with Crippen LogP contribution in [0.15, 0.2) is 9.90 Å². The van der Waals surface area contributed by atoms with Crippen LogP contribution in [-0.4, -0.2) is 51.8 Å². The van der Waals surface area contributed by atoms with Crippen molar-refractivity contribution in [3.8, 4) is 0 Å². The van der Waals surface area contributed by atoms with Gasteiger partial charge in [-0.3, -0.25) is 4.90 Å². The van der Waals surface area contributed by atoms with Gasteiger partial charge in [-0.1, -0.05) is 4.49 Å². The third kappa shape index (κ3) is 2.96. The molecule has 0 saturated carbocycles. The first-order chi connectivity index (χ1) is 9.72. The fraction of sp³-hybridized carbons (Fsp3) is 0.667. The molecule has 0 amide bonds. The summed E-state index contributed by atoms with van der Waals surface area (Å²) in [6.07, 6.45) is 2.10. The molecule has 2 aromatic heterocycles. The Morgan fingerprint density at radius 3 is 2.80 bits per heavy atom. The zero-order valence-electron chi connectivity index (χ0n) is 11.7. The predicted octanol–water partition coefficient (Wildman–Crippen LogP) is 1.37. The SMILES string of the molecule is CN(C)c1noc(C2CCN(Cc3csnn3)CC2)n1. The lowest BCUT2D eigenvalue weighted by molar-refractivity contribution is 0.186. The first kappa shape index (κ1) is 13.4. The summed E-state index contributed by atoms with van der Waals surface area (Å²) in [5, 5.41) is 10.1. The van der Waals surface area contributed by atoms with Gasteiger partial charge in [-0.25, -0.2) is 0 Å². The Hall–Kier alpha value is -1.54. The van der Waals surface area contributed by atoms with Gasteiger partial charge in [0.2, 0.25) is 5.89 Å². The molecule has 108 valence electrons. The Kier molecular flexibility index (Phi) is 3.93. The molecule has 0 aliphatic carbocycles. The average Bonchev–Trinajstić information content (AvgIpc) is 3.10. The molecule has 0 spiro atoms. The van der Waals surface area contributed by atoms with Crippen molar-refractivity contribution in [1.29, 1.82) is 0 Å². The fourth-order valence-electron chi connectivity index (χ4n) is 2.39. The zero-order chi connectivity index (χ0) is 13.9. The van der Waals surface area contributed by atoms with Crippen LogP contribution in [0.1, 0.15) is 30.3 Å². The van der Waals surface area contributed by atoms with E-state index < -0.39 is 0 Å². The van der Waals surface area contributed by atoms with E-state index in [1.54, 1.807) is 0 Å². The van der Waals surface area contributed by atoms with Gasteiger partial charge in [0.15, 0.2) is 0 Å². The molecular weight excluding hydrogens is 276 g/mol. The van der Waals surface area contributed by atoms with Crippen LogP contribution in [0.2, 0.25) is 0 Å². The molecule has 0 atom stereocenters. The summed E-state index contributed by atoms with van der Waals surface area (Å²) in [5.74, 6) is 1.79. The van der Waals surface area contributed by atoms with Gasteiger partial charge in [-0.2, -0.15) is 4.98 Å². The largest absolute Gasteiger partial charge is 0.344 e. The summed E-state index contributed by atoms with van der Waals surface area (Å²) in [7, 11) is 3.83. The second kappa shape index (κ2) is 5.84. The van der Waals surface area contributed by atoms with Gasteiger partial charge in [-0.15, -0.1) is 5.10 Å². The Morgan fingerprint density at radius 1 is 1.40 bits per heavy atom. The number of rotatable bonds is 4. The Morgan fingerprint density at radius 2 is 2.20 bits per heavy atom.